The first-order valence-corrected chi connectivity index (χ1v) is 5.33. The van der Waals surface area contributed by atoms with E-state index in [2.05, 4.69) is 15.2 Å². The maximum Gasteiger partial charge on any atom is 0.313 e. The lowest BCUT2D eigenvalue weighted by Crippen LogP contribution is -2.00. The third-order valence-electron chi connectivity index (χ3n) is 1.85. The lowest BCUT2D eigenvalue weighted by atomic mass is 10.4. The number of thioether (sulfide) groups is 1. The number of fused-ring (bicyclic) bond motifs is 1. The zero-order valence-electron chi connectivity index (χ0n) is 8.28. The van der Waals surface area contributed by atoms with Crippen LogP contribution in [0, 0.1) is 6.92 Å². The van der Waals surface area contributed by atoms with Gasteiger partial charge in [-0.05, 0) is 6.92 Å². The lowest BCUT2D eigenvalue weighted by molar-refractivity contribution is -0.133. The summed E-state index contributed by atoms with van der Waals surface area (Å²) < 4.78 is 1.59. The van der Waals surface area contributed by atoms with Crippen LogP contribution in [0.25, 0.3) is 5.78 Å². The summed E-state index contributed by atoms with van der Waals surface area (Å²) in [6.07, 6.45) is 0. The zero-order chi connectivity index (χ0) is 11.7. The molecule has 2 rings (SSSR count). The second kappa shape index (κ2) is 3.97. The topological polar surface area (TPSA) is 101 Å². The Labute approximate surface area is 94.1 Å². The molecule has 84 valence electrons. The molecule has 0 aliphatic heterocycles. The Morgan fingerprint density at radius 1 is 1.56 bits per heavy atom. The van der Waals surface area contributed by atoms with Gasteiger partial charge in [0.25, 0.3) is 5.78 Å². The van der Waals surface area contributed by atoms with Crippen molar-refractivity contribution in [2.45, 2.75) is 12.1 Å². The van der Waals surface area contributed by atoms with Gasteiger partial charge < -0.3 is 10.2 Å². The van der Waals surface area contributed by atoms with Crippen LogP contribution < -0.4 is 0 Å². The first-order chi connectivity index (χ1) is 7.58. The number of rotatable bonds is 3. The number of nitrogens with zero attached hydrogens (tertiary/aromatic N) is 4. The van der Waals surface area contributed by atoms with E-state index in [-0.39, 0.29) is 17.4 Å². The molecule has 0 saturated carbocycles. The van der Waals surface area contributed by atoms with Crippen LogP contribution in [0.5, 0.6) is 5.88 Å². The molecule has 0 fully saturated rings. The van der Waals surface area contributed by atoms with Crippen LogP contribution in [0.2, 0.25) is 0 Å². The van der Waals surface area contributed by atoms with Gasteiger partial charge in [-0.2, -0.15) is 4.98 Å². The molecule has 2 heterocycles. The highest BCUT2D eigenvalue weighted by Gasteiger charge is 2.11. The maximum absolute atomic E-state index is 10.4. The van der Waals surface area contributed by atoms with Gasteiger partial charge in [0.2, 0.25) is 5.88 Å². The van der Waals surface area contributed by atoms with E-state index < -0.39 is 5.97 Å². The van der Waals surface area contributed by atoms with Crippen LogP contribution >= 0.6 is 11.8 Å². The summed E-state index contributed by atoms with van der Waals surface area (Å²) in [5.74, 6) is -0.898. The Morgan fingerprint density at radius 3 is 3.00 bits per heavy atom. The highest BCUT2D eigenvalue weighted by atomic mass is 32.2. The standard InChI is InChI=1S/C8H8N4O3S/c1-4-2-5(13)9-7-10-11-8(12(4)7)16-3-6(14)15/h2H,3H2,1H3,(H,14,15)(H,9,10,13). The SMILES string of the molecule is Cc1cc(O)nc2nnc(SCC(=O)O)n12. The molecule has 0 aliphatic rings. The van der Waals surface area contributed by atoms with E-state index in [1.54, 1.807) is 11.3 Å². The van der Waals surface area contributed by atoms with Crippen molar-refractivity contribution >= 4 is 23.5 Å². The summed E-state index contributed by atoms with van der Waals surface area (Å²) in [7, 11) is 0. The minimum Gasteiger partial charge on any atom is -0.493 e. The summed E-state index contributed by atoms with van der Waals surface area (Å²) in [6, 6.07) is 1.46. The van der Waals surface area contributed by atoms with E-state index in [1.807, 2.05) is 0 Å². The Hall–Kier alpha value is -1.83. The molecule has 0 amide bonds. The number of hydrogen-bond donors (Lipinski definition) is 2. The van der Waals surface area contributed by atoms with Crippen molar-refractivity contribution in [2.75, 3.05) is 5.75 Å². The quantitative estimate of drug-likeness (QED) is 0.745. The van der Waals surface area contributed by atoms with Gasteiger partial charge in [0.05, 0.1) is 5.75 Å². The van der Waals surface area contributed by atoms with Crippen LogP contribution in [0.1, 0.15) is 5.69 Å². The van der Waals surface area contributed by atoms with Crippen LogP contribution in [-0.4, -0.2) is 41.5 Å². The summed E-state index contributed by atoms with van der Waals surface area (Å²) in [6.45, 7) is 1.75. The smallest absolute Gasteiger partial charge is 0.313 e. The Morgan fingerprint density at radius 2 is 2.31 bits per heavy atom. The molecular weight excluding hydrogens is 232 g/mol. The van der Waals surface area contributed by atoms with Gasteiger partial charge in [-0.3, -0.25) is 9.20 Å². The molecule has 2 N–H and O–H groups in total. The van der Waals surface area contributed by atoms with Crippen molar-refractivity contribution in [3.63, 3.8) is 0 Å². The fraction of sp³-hybridized carbons (Fsp3) is 0.250. The Balaban J connectivity index is 2.43. The maximum atomic E-state index is 10.4. The first kappa shape index (κ1) is 10.7. The number of aliphatic carboxylic acids is 1. The molecule has 16 heavy (non-hydrogen) atoms. The van der Waals surface area contributed by atoms with Crippen LogP contribution in [0.15, 0.2) is 11.2 Å². The van der Waals surface area contributed by atoms with Gasteiger partial charge in [-0.25, -0.2) is 0 Å². The van der Waals surface area contributed by atoms with Crippen molar-refractivity contribution in [1.29, 1.82) is 0 Å². The summed E-state index contributed by atoms with van der Waals surface area (Å²) in [5, 5.41) is 25.8. The third-order valence-corrected chi connectivity index (χ3v) is 2.76. The van der Waals surface area contributed by atoms with Gasteiger partial charge in [-0.15, -0.1) is 10.2 Å². The summed E-state index contributed by atoms with van der Waals surface area (Å²) >= 11 is 1.05. The monoisotopic (exact) mass is 240 g/mol. The number of carboxylic acids is 1. The van der Waals surface area contributed by atoms with Crippen LogP contribution in [0.4, 0.5) is 0 Å². The van der Waals surface area contributed by atoms with Gasteiger partial charge in [0.1, 0.15) is 0 Å². The van der Waals surface area contributed by atoms with Crippen molar-refractivity contribution in [2.24, 2.45) is 0 Å². The molecule has 0 aromatic carbocycles. The van der Waals surface area contributed by atoms with Crippen molar-refractivity contribution in [1.82, 2.24) is 19.6 Å². The fourth-order valence-corrected chi connectivity index (χ4v) is 1.96. The predicted octanol–water partition coefficient (Wildman–Crippen LogP) is 0.315. The molecule has 2 aromatic rings. The molecule has 0 atom stereocenters. The van der Waals surface area contributed by atoms with E-state index in [9.17, 15) is 9.90 Å². The van der Waals surface area contributed by atoms with Crippen LogP contribution in [0.3, 0.4) is 0 Å². The molecule has 0 spiro atoms. The van der Waals surface area contributed by atoms with E-state index in [4.69, 9.17) is 5.11 Å². The van der Waals surface area contributed by atoms with Gasteiger partial charge in [-0.1, -0.05) is 11.8 Å². The average Bonchev–Trinajstić information content (AvgIpc) is 2.57. The zero-order valence-corrected chi connectivity index (χ0v) is 9.10. The third kappa shape index (κ3) is 1.91. The van der Waals surface area contributed by atoms with Crippen LogP contribution in [-0.2, 0) is 4.79 Å². The Kier molecular flexibility index (Phi) is 2.65. The van der Waals surface area contributed by atoms with Crippen molar-refractivity contribution in [3.8, 4) is 5.88 Å². The molecule has 0 bridgehead atoms. The molecule has 0 saturated heterocycles. The second-order valence-electron chi connectivity index (χ2n) is 3.06. The van der Waals surface area contributed by atoms with E-state index in [0.29, 0.717) is 10.9 Å². The minimum absolute atomic E-state index is 0.0961. The molecule has 2 aromatic heterocycles. The average molecular weight is 240 g/mol. The molecule has 0 unspecified atom stereocenters. The number of aryl methyl sites for hydroxylation is 1. The fourth-order valence-electron chi connectivity index (χ4n) is 1.25. The highest BCUT2D eigenvalue weighted by molar-refractivity contribution is 7.99. The van der Waals surface area contributed by atoms with Crippen molar-refractivity contribution < 1.29 is 15.0 Å². The number of carboxylic acid groups (broad SMARTS) is 1. The number of aromatic hydroxyl groups is 1. The highest BCUT2D eigenvalue weighted by Crippen LogP contribution is 2.19. The Bertz CT molecular complexity index is 553. The summed E-state index contributed by atoms with van der Waals surface area (Å²) in [4.78, 5) is 14.2. The van der Waals surface area contributed by atoms with Gasteiger partial charge in [0.15, 0.2) is 5.16 Å². The van der Waals surface area contributed by atoms with E-state index in [0.717, 1.165) is 11.8 Å². The molecular formula is C8H8N4O3S. The molecule has 8 heteroatoms. The van der Waals surface area contributed by atoms with E-state index in [1.165, 1.54) is 6.07 Å². The lowest BCUT2D eigenvalue weighted by Gasteiger charge is -2.01. The number of aromatic nitrogens is 4. The first-order valence-electron chi connectivity index (χ1n) is 4.34. The number of hydrogen-bond acceptors (Lipinski definition) is 6. The summed E-state index contributed by atoms with van der Waals surface area (Å²) in [5.41, 5.74) is 0.695. The largest absolute Gasteiger partial charge is 0.493 e. The van der Waals surface area contributed by atoms with E-state index >= 15 is 0 Å². The predicted molar refractivity (Wildman–Crippen MR) is 55.5 cm³/mol. The molecule has 7 nitrogen and oxygen atoms in total. The second-order valence-corrected chi connectivity index (χ2v) is 4.00. The van der Waals surface area contributed by atoms with Crippen molar-refractivity contribution in [3.05, 3.63) is 11.8 Å². The van der Waals surface area contributed by atoms with Gasteiger partial charge in [0, 0.05) is 11.8 Å². The number of carbonyl (C=O) groups is 1. The van der Waals surface area contributed by atoms with Gasteiger partial charge >= 0.3 is 5.97 Å². The molecule has 0 radical (unpaired) electrons. The molecule has 0 aliphatic carbocycles. The minimum atomic E-state index is -0.925. The normalized spacial score (nSPS) is 10.8.